The zero-order chi connectivity index (χ0) is 12.8. The summed E-state index contributed by atoms with van der Waals surface area (Å²) in [7, 11) is 0. The van der Waals surface area contributed by atoms with Gasteiger partial charge in [0.15, 0.2) is 0 Å². The minimum Gasteiger partial charge on any atom is -0.376 e. The van der Waals surface area contributed by atoms with Crippen molar-refractivity contribution in [2.75, 3.05) is 26.2 Å². The van der Waals surface area contributed by atoms with E-state index in [9.17, 15) is 0 Å². The predicted molar refractivity (Wildman–Crippen MR) is 74.8 cm³/mol. The molecule has 2 N–H and O–H groups in total. The molecular formula is C15H24N2O. The van der Waals surface area contributed by atoms with Crippen LogP contribution in [0.5, 0.6) is 0 Å². The van der Waals surface area contributed by atoms with Crippen LogP contribution in [0.2, 0.25) is 0 Å². The zero-order valence-electron chi connectivity index (χ0n) is 11.5. The van der Waals surface area contributed by atoms with Gasteiger partial charge in [0.2, 0.25) is 0 Å². The first-order valence-corrected chi connectivity index (χ1v) is 6.85. The third-order valence-electron chi connectivity index (χ3n) is 3.46. The van der Waals surface area contributed by atoms with E-state index < -0.39 is 0 Å². The third-order valence-corrected chi connectivity index (χ3v) is 3.46. The van der Waals surface area contributed by atoms with Gasteiger partial charge in [-0.1, -0.05) is 23.8 Å². The number of ether oxygens (including phenoxy) is 1. The van der Waals surface area contributed by atoms with Crippen LogP contribution in [0.15, 0.2) is 18.2 Å². The van der Waals surface area contributed by atoms with Crippen LogP contribution in [0, 0.1) is 13.8 Å². The van der Waals surface area contributed by atoms with Crippen molar-refractivity contribution in [3.8, 4) is 0 Å². The summed E-state index contributed by atoms with van der Waals surface area (Å²) < 4.78 is 5.67. The van der Waals surface area contributed by atoms with Gasteiger partial charge in [-0.25, -0.2) is 0 Å². The Kier molecular flexibility index (Phi) is 5.17. The summed E-state index contributed by atoms with van der Waals surface area (Å²) in [6.45, 7) is 9.11. The van der Waals surface area contributed by atoms with Crippen molar-refractivity contribution in [3.63, 3.8) is 0 Å². The summed E-state index contributed by atoms with van der Waals surface area (Å²) in [5.41, 5.74) is 4.10. The largest absolute Gasteiger partial charge is 0.376 e. The monoisotopic (exact) mass is 248 g/mol. The van der Waals surface area contributed by atoms with E-state index >= 15 is 0 Å². The topological polar surface area (TPSA) is 33.3 Å². The minimum absolute atomic E-state index is 0.380. The molecular weight excluding hydrogens is 224 g/mol. The second-order valence-corrected chi connectivity index (χ2v) is 5.09. The maximum absolute atomic E-state index is 5.67. The molecule has 0 saturated carbocycles. The molecule has 1 atom stereocenters. The van der Waals surface area contributed by atoms with E-state index in [1.54, 1.807) is 0 Å². The molecule has 3 heteroatoms. The fourth-order valence-electron chi connectivity index (χ4n) is 2.34. The molecule has 0 spiro atoms. The van der Waals surface area contributed by atoms with E-state index in [1.807, 2.05) is 0 Å². The van der Waals surface area contributed by atoms with Crippen LogP contribution >= 0.6 is 0 Å². The van der Waals surface area contributed by atoms with Gasteiger partial charge < -0.3 is 15.4 Å². The molecule has 1 heterocycles. The van der Waals surface area contributed by atoms with Crippen molar-refractivity contribution in [1.29, 1.82) is 0 Å². The fourth-order valence-corrected chi connectivity index (χ4v) is 2.34. The Balaban J connectivity index is 1.68. The van der Waals surface area contributed by atoms with E-state index in [0.717, 1.165) is 39.2 Å². The number of hydrogen-bond acceptors (Lipinski definition) is 3. The van der Waals surface area contributed by atoms with E-state index in [0.29, 0.717) is 6.10 Å². The van der Waals surface area contributed by atoms with E-state index in [4.69, 9.17) is 4.74 Å². The molecule has 1 aliphatic rings. The Hall–Kier alpha value is -0.900. The number of rotatable bonds is 5. The number of nitrogens with one attached hydrogen (secondary N) is 2. The molecule has 0 bridgehead atoms. The Morgan fingerprint density at radius 2 is 2.28 bits per heavy atom. The van der Waals surface area contributed by atoms with Gasteiger partial charge in [0.25, 0.3) is 0 Å². The molecule has 3 nitrogen and oxygen atoms in total. The first-order chi connectivity index (χ1) is 8.75. The summed E-state index contributed by atoms with van der Waals surface area (Å²) in [6.07, 6.45) is 1.46. The van der Waals surface area contributed by atoms with Gasteiger partial charge in [-0.15, -0.1) is 0 Å². The summed E-state index contributed by atoms with van der Waals surface area (Å²) >= 11 is 0. The number of hydrogen-bond donors (Lipinski definition) is 2. The average Bonchev–Trinajstić information content (AvgIpc) is 2.38. The van der Waals surface area contributed by atoms with Crippen molar-refractivity contribution in [2.24, 2.45) is 0 Å². The lowest BCUT2D eigenvalue weighted by atomic mass is 10.1. The molecule has 0 amide bonds. The van der Waals surface area contributed by atoms with E-state index in [2.05, 4.69) is 42.7 Å². The molecule has 1 aliphatic heterocycles. The summed E-state index contributed by atoms with van der Waals surface area (Å²) in [5, 5.41) is 6.86. The van der Waals surface area contributed by atoms with Crippen molar-refractivity contribution >= 4 is 0 Å². The van der Waals surface area contributed by atoms with Gasteiger partial charge in [-0.2, -0.15) is 0 Å². The fraction of sp³-hybridized carbons (Fsp3) is 0.600. The van der Waals surface area contributed by atoms with Crippen molar-refractivity contribution in [2.45, 2.75) is 32.9 Å². The lowest BCUT2D eigenvalue weighted by molar-refractivity contribution is 0.0238. The smallest absolute Gasteiger partial charge is 0.0712 e. The Morgan fingerprint density at radius 3 is 3.00 bits per heavy atom. The molecule has 1 saturated heterocycles. The van der Waals surface area contributed by atoms with E-state index in [-0.39, 0.29) is 0 Å². The highest BCUT2D eigenvalue weighted by molar-refractivity contribution is 5.30. The molecule has 1 aromatic carbocycles. The maximum Gasteiger partial charge on any atom is 0.0712 e. The highest BCUT2D eigenvalue weighted by atomic mass is 16.5. The molecule has 0 aromatic heterocycles. The predicted octanol–water partition coefficient (Wildman–Crippen LogP) is 1.77. The minimum atomic E-state index is 0.380. The maximum atomic E-state index is 5.67. The first kappa shape index (κ1) is 13.5. The lowest BCUT2D eigenvalue weighted by Gasteiger charge is -2.23. The Morgan fingerprint density at radius 1 is 1.39 bits per heavy atom. The molecule has 0 aliphatic carbocycles. The second kappa shape index (κ2) is 6.88. The molecule has 0 radical (unpaired) electrons. The van der Waals surface area contributed by atoms with Crippen LogP contribution in [-0.4, -0.2) is 32.3 Å². The van der Waals surface area contributed by atoms with E-state index in [1.165, 1.54) is 16.7 Å². The van der Waals surface area contributed by atoms with Gasteiger partial charge >= 0.3 is 0 Å². The van der Waals surface area contributed by atoms with Crippen LogP contribution in [0.3, 0.4) is 0 Å². The standard InChI is InChI=1S/C15H24N2O/c1-12-3-4-14(13(2)9-12)10-16-6-5-15-11-17-7-8-18-15/h3-4,9,15-17H,5-8,10-11H2,1-2H3. The Bertz CT molecular complexity index is 373. The number of aryl methyl sites for hydroxylation is 2. The summed E-state index contributed by atoms with van der Waals surface area (Å²) in [5.74, 6) is 0. The molecule has 1 aromatic rings. The average molecular weight is 248 g/mol. The van der Waals surface area contributed by atoms with Crippen molar-refractivity contribution in [1.82, 2.24) is 10.6 Å². The molecule has 100 valence electrons. The second-order valence-electron chi connectivity index (χ2n) is 5.09. The highest BCUT2D eigenvalue weighted by Crippen LogP contribution is 2.10. The molecule has 2 rings (SSSR count). The van der Waals surface area contributed by atoms with Gasteiger partial charge in [0.1, 0.15) is 0 Å². The third kappa shape index (κ3) is 4.09. The van der Waals surface area contributed by atoms with Gasteiger partial charge in [0, 0.05) is 19.6 Å². The zero-order valence-corrected chi connectivity index (χ0v) is 11.5. The number of benzene rings is 1. The molecule has 1 fully saturated rings. The SMILES string of the molecule is Cc1ccc(CNCCC2CNCCO2)c(C)c1. The van der Waals surface area contributed by atoms with Crippen molar-refractivity contribution < 1.29 is 4.74 Å². The van der Waals surface area contributed by atoms with Crippen LogP contribution in [0.25, 0.3) is 0 Å². The van der Waals surface area contributed by atoms with Crippen LogP contribution < -0.4 is 10.6 Å². The first-order valence-electron chi connectivity index (χ1n) is 6.85. The molecule has 18 heavy (non-hydrogen) atoms. The Labute approximate surface area is 110 Å². The van der Waals surface area contributed by atoms with Crippen LogP contribution in [-0.2, 0) is 11.3 Å². The normalized spacial score (nSPS) is 20.0. The number of morpholine rings is 1. The van der Waals surface area contributed by atoms with Gasteiger partial charge in [-0.3, -0.25) is 0 Å². The van der Waals surface area contributed by atoms with Gasteiger partial charge in [0.05, 0.1) is 12.7 Å². The quantitative estimate of drug-likeness (QED) is 0.779. The van der Waals surface area contributed by atoms with Crippen LogP contribution in [0.4, 0.5) is 0 Å². The summed E-state index contributed by atoms with van der Waals surface area (Å²) in [4.78, 5) is 0. The summed E-state index contributed by atoms with van der Waals surface area (Å²) in [6, 6.07) is 6.64. The highest BCUT2D eigenvalue weighted by Gasteiger charge is 2.12. The van der Waals surface area contributed by atoms with Gasteiger partial charge in [-0.05, 0) is 37.9 Å². The molecule has 1 unspecified atom stereocenters. The van der Waals surface area contributed by atoms with Crippen LogP contribution in [0.1, 0.15) is 23.1 Å². The van der Waals surface area contributed by atoms with Crippen molar-refractivity contribution in [3.05, 3.63) is 34.9 Å². The lowest BCUT2D eigenvalue weighted by Crippen LogP contribution is -2.39.